The normalized spacial score (nSPS) is 16.7. The van der Waals surface area contributed by atoms with Crippen LogP contribution in [0.15, 0.2) is 6.07 Å². The molecule has 118 valence electrons. The van der Waals surface area contributed by atoms with Gasteiger partial charge in [0.05, 0.1) is 5.94 Å². The van der Waals surface area contributed by atoms with E-state index in [0.29, 0.717) is 6.42 Å². The van der Waals surface area contributed by atoms with Crippen molar-refractivity contribution in [3.63, 3.8) is 0 Å². The summed E-state index contributed by atoms with van der Waals surface area (Å²) < 4.78 is 32.1. The van der Waals surface area contributed by atoms with E-state index >= 15 is 0 Å². The number of carboxylic acids is 1. The van der Waals surface area contributed by atoms with Gasteiger partial charge in [0, 0.05) is 6.42 Å². The summed E-state index contributed by atoms with van der Waals surface area (Å²) >= 11 is 0. The second kappa shape index (κ2) is 6.31. The minimum absolute atomic E-state index is 0.0660. The zero-order valence-electron chi connectivity index (χ0n) is 11.7. The second-order valence-electron chi connectivity index (χ2n) is 4.98. The fourth-order valence-corrected chi connectivity index (χ4v) is 2.31. The van der Waals surface area contributed by atoms with Gasteiger partial charge in [0.2, 0.25) is 5.91 Å². The largest absolute Gasteiger partial charge is 0.547 e. The lowest BCUT2D eigenvalue weighted by Crippen LogP contribution is -2.53. The number of aromatic carboxylic acids is 1. The minimum atomic E-state index is -1.70. The molecule has 22 heavy (non-hydrogen) atoms. The summed E-state index contributed by atoms with van der Waals surface area (Å²) in [6.07, 6.45) is 0.784. The van der Waals surface area contributed by atoms with Gasteiger partial charge in [-0.2, -0.15) is 0 Å². The summed E-state index contributed by atoms with van der Waals surface area (Å²) in [4.78, 5) is 22.6. The highest BCUT2D eigenvalue weighted by atomic mass is 19.2. The summed E-state index contributed by atoms with van der Waals surface area (Å²) in [6.45, 7) is 1.81. The molecule has 0 fully saturated rings. The molecule has 1 aliphatic rings. The summed E-state index contributed by atoms with van der Waals surface area (Å²) in [5.74, 6) is -6.17. The first-order valence-electron chi connectivity index (χ1n) is 6.73. The van der Waals surface area contributed by atoms with E-state index in [2.05, 4.69) is 5.32 Å². The summed E-state index contributed by atoms with van der Waals surface area (Å²) in [6, 6.07) is 0.808. The van der Waals surface area contributed by atoms with Crippen molar-refractivity contribution >= 4 is 19.0 Å². The summed E-state index contributed by atoms with van der Waals surface area (Å²) in [5.41, 5.74) is -0.893. The van der Waals surface area contributed by atoms with Crippen molar-refractivity contribution in [3.8, 4) is 5.75 Å². The van der Waals surface area contributed by atoms with Crippen molar-refractivity contribution in [1.82, 2.24) is 5.32 Å². The van der Waals surface area contributed by atoms with Crippen molar-refractivity contribution in [2.45, 2.75) is 32.1 Å². The van der Waals surface area contributed by atoms with E-state index in [4.69, 9.17) is 9.76 Å². The predicted molar refractivity (Wildman–Crippen MR) is 72.5 cm³/mol. The van der Waals surface area contributed by atoms with Gasteiger partial charge in [0.1, 0.15) is 11.3 Å². The molecule has 1 aromatic rings. The topological polar surface area (TPSA) is 95.9 Å². The van der Waals surface area contributed by atoms with Crippen LogP contribution in [0, 0.1) is 11.6 Å². The molecule has 0 bridgehead atoms. The van der Waals surface area contributed by atoms with E-state index in [-0.39, 0.29) is 24.3 Å². The van der Waals surface area contributed by atoms with Crippen LogP contribution in [-0.4, -0.2) is 35.1 Å². The van der Waals surface area contributed by atoms with Crippen molar-refractivity contribution in [2.75, 3.05) is 0 Å². The Morgan fingerprint density at radius 3 is 2.77 bits per heavy atom. The molecule has 1 aliphatic heterocycles. The fraction of sp³-hybridized carbons (Fsp3) is 0.385. The third-order valence-electron chi connectivity index (χ3n) is 3.31. The Hall–Kier alpha value is -2.16. The van der Waals surface area contributed by atoms with E-state index in [1.807, 2.05) is 0 Å². The standard InChI is InChI=1S/C13H14BF2NO5/c1-2-3-9(18)17-8-5-6-4-7(15)11(16)10(13(19)20)12(6)22-14(8)21/h4,8,21H,2-3,5H2,1H3,(H,17,18)(H,19,20). The van der Waals surface area contributed by atoms with Crippen LogP contribution >= 0.6 is 0 Å². The van der Waals surface area contributed by atoms with Gasteiger partial charge in [0.15, 0.2) is 11.6 Å². The number of carboxylic acid groups (broad SMARTS) is 1. The number of hydrogen-bond acceptors (Lipinski definition) is 4. The maximum Gasteiger partial charge on any atom is 0.547 e. The molecule has 0 radical (unpaired) electrons. The van der Waals surface area contributed by atoms with Crippen LogP contribution in [-0.2, 0) is 11.2 Å². The van der Waals surface area contributed by atoms with Gasteiger partial charge in [0.25, 0.3) is 0 Å². The van der Waals surface area contributed by atoms with Gasteiger partial charge in [-0.25, -0.2) is 13.6 Å². The van der Waals surface area contributed by atoms with E-state index in [9.17, 15) is 23.4 Å². The Bertz CT molecular complexity index is 625. The second-order valence-corrected chi connectivity index (χ2v) is 4.98. The summed E-state index contributed by atoms with van der Waals surface area (Å²) in [5, 5.41) is 21.3. The van der Waals surface area contributed by atoms with Gasteiger partial charge in [-0.15, -0.1) is 0 Å². The number of fused-ring (bicyclic) bond motifs is 1. The molecule has 1 heterocycles. The first-order valence-corrected chi connectivity index (χ1v) is 6.73. The van der Waals surface area contributed by atoms with Gasteiger partial charge >= 0.3 is 13.1 Å². The molecule has 0 aliphatic carbocycles. The first-order chi connectivity index (χ1) is 10.3. The molecule has 0 aromatic heterocycles. The van der Waals surface area contributed by atoms with E-state index < -0.39 is 42.0 Å². The Balaban J connectivity index is 2.34. The van der Waals surface area contributed by atoms with Crippen LogP contribution < -0.4 is 9.97 Å². The average Bonchev–Trinajstić information content (AvgIpc) is 2.42. The molecular formula is C13H14BF2NO5. The Morgan fingerprint density at radius 2 is 2.18 bits per heavy atom. The quantitative estimate of drug-likeness (QED) is 0.718. The molecule has 1 unspecified atom stereocenters. The van der Waals surface area contributed by atoms with Crippen molar-refractivity contribution in [1.29, 1.82) is 0 Å². The monoisotopic (exact) mass is 313 g/mol. The first kappa shape index (κ1) is 16.2. The predicted octanol–water partition coefficient (Wildman–Crippen LogP) is 0.903. The molecule has 3 N–H and O–H groups in total. The average molecular weight is 313 g/mol. The lowest BCUT2D eigenvalue weighted by Gasteiger charge is -2.29. The number of amides is 1. The smallest absolute Gasteiger partial charge is 0.534 e. The minimum Gasteiger partial charge on any atom is -0.534 e. The van der Waals surface area contributed by atoms with Crippen molar-refractivity contribution < 1.29 is 33.2 Å². The highest BCUT2D eigenvalue weighted by molar-refractivity contribution is 6.47. The lowest BCUT2D eigenvalue weighted by molar-refractivity contribution is -0.121. The Morgan fingerprint density at radius 1 is 1.50 bits per heavy atom. The highest BCUT2D eigenvalue weighted by Gasteiger charge is 2.39. The van der Waals surface area contributed by atoms with Crippen LogP contribution in [0.3, 0.4) is 0 Å². The molecule has 9 heteroatoms. The third kappa shape index (κ3) is 3.04. The number of carbonyl (C=O) groups excluding carboxylic acids is 1. The number of carbonyl (C=O) groups is 2. The molecular weight excluding hydrogens is 299 g/mol. The number of rotatable bonds is 4. The number of benzene rings is 1. The zero-order valence-corrected chi connectivity index (χ0v) is 11.7. The summed E-state index contributed by atoms with van der Waals surface area (Å²) in [7, 11) is -1.55. The molecule has 0 saturated carbocycles. The van der Waals surface area contributed by atoms with Gasteiger partial charge < -0.3 is 20.1 Å². The van der Waals surface area contributed by atoms with E-state index in [0.717, 1.165) is 6.07 Å². The number of nitrogens with one attached hydrogen (secondary N) is 1. The van der Waals surface area contributed by atoms with Crippen LogP contribution in [0.25, 0.3) is 0 Å². The Kier molecular flexibility index (Phi) is 4.65. The molecule has 0 spiro atoms. The van der Waals surface area contributed by atoms with Gasteiger partial charge in [-0.1, -0.05) is 6.92 Å². The number of hydrogen-bond donors (Lipinski definition) is 3. The van der Waals surface area contributed by atoms with Crippen LogP contribution in [0.1, 0.15) is 35.7 Å². The van der Waals surface area contributed by atoms with Crippen LogP contribution in [0.5, 0.6) is 5.75 Å². The van der Waals surface area contributed by atoms with E-state index in [1.54, 1.807) is 6.92 Å². The Labute approximate surface area is 125 Å². The molecule has 1 aromatic carbocycles. The molecule has 0 saturated heterocycles. The molecule has 6 nitrogen and oxygen atoms in total. The zero-order chi connectivity index (χ0) is 16.4. The third-order valence-corrected chi connectivity index (χ3v) is 3.31. The fourth-order valence-electron chi connectivity index (χ4n) is 2.31. The maximum absolute atomic E-state index is 13.6. The van der Waals surface area contributed by atoms with Crippen molar-refractivity contribution in [2.24, 2.45) is 0 Å². The lowest BCUT2D eigenvalue weighted by atomic mass is 9.72. The SMILES string of the molecule is CCCC(=O)NC1Cc2cc(F)c(F)c(C(=O)O)c2OB1O. The maximum atomic E-state index is 13.6. The highest BCUT2D eigenvalue weighted by Crippen LogP contribution is 2.33. The molecule has 1 atom stereocenters. The number of halogens is 2. The van der Waals surface area contributed by atoms with Crippen LogP contribution in [0.2, 0.25) is 0 Å². The van der Waals surface area contributed by atoms with Crippen molar-refractivity contribution in [3.05, 3.63) is 28.8 Å². The van der Waals surface area contributed by atoms with Gasteiger partial charge in [-0.3, -0.25) is 4.79 Å². The molecule has 2 rings (SSSR count). The van der Waals surface area contributed by atoms with Gasteiger partial charge in [-0.05, 0) is 24.5 Å². The van der Waals surface area contributed by atoms with E-state index in [1.165, 1.54) is 0 Å². The molecule has 1 amide bonds. The van der Waals surface area contributed by atoms with Crippen LogP contribution in [0.4, 0.5) is 8.78 Å².